The summed E-state index contributed by atoms with van der Waals surface area (Å²) >= 11 is 0. The van der Waals surface area contributed by atoms with E-state index in [4.69, 9.17) is 4.74 Å². The highest BCUT2D eigenvalue weighted by molar-refractivity contribution is 5.26. The third-order valence-corrected chi connectivity index (χ3v) is 4.45. The second-order valence-corrected chi connectivity index (χ2v) is 6.17. The Hall–Kier alpha value is -0.860. The first-order chi connectivity index (χ1) is 10.3. The standard InChI is InChI=1S/C19H31NO/c1-3-13-20-19(12-11-18-10-5-6-14-21-18)17-9-7-8-16(4-2)15-17/h7-9,15,18-20H,3-6,10-14H2,1-2H3. The van der Waals surface area contributed by atoms with E-state index >= 15 is 0 Å². The van der Waals surface area contributed by atoms with Gasteiger partial charge in [-0.15, -0.1) is 0 Å². The predicted octanol–water partition coefficient (Wildman–Crippen LogP) is 4.64. The molecule has 2 unspecified atom stereocenters. The average molecular weight is 289 g/mol. The number of rotatable bonds is 8. The summed E-state index contributed by atoms with van der Waals surface area (Å²) in [6.45, 7) is 6.51. The Bertz CT molecular complexity index is 398. The maximum atomic E-state index is 5.89. The summed E-state index contributed by atoms with van der Waals surface area (Å²) in [6, 6.07) is 9.54. The number of hydrogen-bond donors (Lipinski definition) is 1. The predicted molar refractivity (Wildman–Crippen MR) is 89.7 cm³/mol. The van der Waals surface area contributed by atoms with Crippen LogP contribution in [0.2, 0.25) is 0 Å². The molecule has 1 heterocycles. The van der Waals surface area contributed by atoms with Crippen LogP contribution in [0.3, 0.4) is 0 Å². The quantitative estimate of drug-likeness (QED) is 0.753. The van der Waals surface area contributed by atoms with E-state index in [1.165, 1.54) is 49.7 Å². The minimum Gasteiger partial charge on any atom is -0.378 e. The molecule has 2 atom stereocenters. The third kappa shape index (κ3) is 5.44. The van der Waals surface area contributed by atoms with Gasteiger partial charge in [0.05, 0.1) is 6.10 Å². The van der Waals surface area contributed by atoms with Crippen molar-refractivity contribution in [3.63, 3.8) is 0 Å². The number of ether oxygens (including phenoxy) is 1. The number of hydrogen-bond acceptors (Lipinski definition) is 2. The first-order valence-corrected chi connectivity index (χ1v) is 8.77. The Morgan fingerprint density at radius 2 is 2.19 bits per heavy atom. The normalized spacial score (nSPS) is 20.4. The Morgan fingerprint density at radius 3 is 2.90 bits per heavy atom. The van der Waals surface area contributed by atoms with Crippen LogP contribution >= 0.6 is 0 Å². The zero-order valence-electron chi connectivity index (χ0n) is 13.7. The van der Waals surface area contributed by atoms with Crippen LogP contribution in [-0.4, -0.2) is 19.3 Å². The lowest BCUT2D eigenvalue weighted by Crippen LogP contribution is -2.25. The van der Waals surface area contributed by atoms with Gasteiger partial charge >= 0.3 is 0 Å². The monoisotopic (exact) mass is 289 g/mol. The highest BCUT2D eigenvalue weighted by Gasteiger charge is 2.17. The van der Waals surface area contributed by atoms with Gasteiger partial charge in [-0.2, -0.15) is 0 Å². The van der Waals surface area contributed by atoms with Crippen molar-refractivity contribution in [2.45, 2.75) is 70.9 Å². The van der Waals surface area contributed by atoms with Crippen molar-refractivity contribution in [2.24, 2.45) is 0 Å². The Morgan fingerprint density at radius 1 is 1.29 bits per heavy atom. The van der Waals surface area contributed by atoms with Gasteiger partial charge in [0.25, 0.3) is 0 Å². The van der Waals surface area contributed by atoms with E-state index in [1.807, 2.05) is 0 Å². The molecule has 2 rings (SSSR count). The SMILES string of the molecule is CCCNC(CCC1CCCCO1)c1cccc(CC)c1. The highest BCUT2D eigenvalue weighted by Crippen LogP contribution is 2.24. The van der Waals surface area contributed by atoms with E-state index in [1.54, 1.807) is 0 Å². The molecule has 0 aromatic heterocycles. The van der Waals surface area contributed by atoms with Gasteiger partial charge in [0, 0.05) is 12.6 Å². The molecule has 21 heavy (non-hydrogen) atoms. The van der Waals surface area contributed by atoms with E-state index < -0.39 is 0 Å². The maximum Gasteiger partial charge on any atom is 0.0575 e. The zero-order chi connectivity index (χ0) is 14.9. The maximum absolute atomic E-state index is 5.89. The van der Waals surface area contributed by atoms with Gasteiger partial charge in [0.2, 0.25) is 0 Å². The van der Waals surface area contributed by atoms with Gasteiger partial charge in [-0.25, -0.2) is 0 Å². The van der Waals surface area contributed by atoms with Crippen molar-refractivity contribution >= 4 is 0 Å². The Labute approximate surface area is 130 Å². The molecular formula is C19H31NO. The topological polar surface area (TPSA) is 21.3 Å². The van der Waals surface area contributed by atoms with Crippen LogP contribution in [0, 0.1) is 0 Å². The van der Waals surface area contributed by atoms with Crippen LogP contribution < -0.4 is 5.32 Å². The summed E-state index contributed by atoms with van der Waals surface area (Å²) < 4.78 is 5.89. The fourth-order valence-corrected chi connectivity index (χ4v) is 3.12. The van der Waals surface area contributed by atoms with Gasteiger partial charge in [-0.1, -0.05) is 38.1 Å². The summed E-state index contributed by atoms with van der Waals surface area (Å²) in [5.74, 6) is 0. The zero-order valence-corrected chi connectivity index (χ0v) is 13.7. The first-order valence-electron chi connectivity index (χ1n) is 8.77. The lowest BCUT2D eigenvalue weighted by molar-refractivity contribution is 0.00854. The molecule has 118 valence electrons. The fourth-order valence-electron chi connectivity index (χ4n) is 3.12. The van der Waals surface area contributed by atoms with E-state index in [-0.39, 0.29) is 0 Å². The molecule has 2 heteroatoms. The van der Waals surface area contributed by atoms with E-state index in [0.717, 1.165) is 19.6 Å². The Balaban J connectivity index is 1.95. The van der Waals surface area contributed by atoms with Crippen molar-refractivity contribution in [3.05, 3.63) is 35.4 Å². The van der Waals surface area contributed by atoms with Crippen LogP contribution in [0.5, 0.6) is 0 Å². The van der Waals surface area contributed by atoms with Crippen LogP contribution in [-0.2, 0) is 11.2 Å². The van der Waals surface area contributed by atoms with Crippen molar-refractivity contribution in [1.29, 1.82) is 0 Å². The third-order valence-electron chi connectivity index (χ3n) is 4.45. The molecule has 0 aliphatic carbocycles. The van der Waals surface area contributed by atoms with Gasteiger partial charge in [-0.3, -0.25) is 0 Å². The lowest BCUT2D eigenvalue weighted by atomic mass is 9.95. The van der Waals surface area contributed by atoms with Crippen LogP contribution in [0.4, 0.5) is 0 Å². The summed E-state index contributed by atoms with van der Waals surface area (Å²) in [7, 11) is 0. The molecule has 0 radical (unpaired) electrons. The summed E-state index contributed by atoms with van der Waals surface area (Å²) in [5, 5.41) is 3.72. The van der Waals surface area contributed by atoms with Crippen molar-refractivity contribution in [1.82, 2.24) is 5.32 Å². The molecule has 1 fully saturated rings. The highest BCUT2D eigenvalue weighted by atomic mass is 16.5. The molecule has 1 aromatic carbocycles. The van der Waals surface area contributed by atoms with Crippen molar-refractivity contribution in [3.8, 4) is 0 Å². The molecule has 1 aromatic rings. The second-order valence-electron chi connectivity index (χ2n) is 6.17. The van der Waals surface area contributed by atoms with Gasteiger partial charge in [-0.05, 0) is 62.6 Å². The van der Waals surface area contributed by atoms with Crippen molar-refractivity contribution < 1.29 is 4.74 Å². The number of aryl methyl sites for hydroxylation is 1. The molecule has 1 aliphatic rings. The fraction of sp³-hybridized carbons (Fsp3) is 0.684. The van der Waals surface area contributed by atoms with Crippen molar-refractivity contribution in [2.75, 3.05) is 13.2 Å². The molecular weight excluding hydrogens is 258 g/mol. The van der Waals surface area contributed by atoms with Crippen LogP contribution in [0.25, 0.3) is 0 Å². The lowest BCUT2D eigenvalue weighted by Gasteiger charge is -2.26. The number of nitrogens with one attached hydrogen (secondary N) is 1. The summed E-state index contributed by atoms with van der Waals surface area (Å²) in [4.78, 5) is 0. The van der Waals surface area contributed by atoms with Gasteiger partial charge in [0.15, 0.2) is 0 Å². The summed E-state index contributed by atoms with van der Waals surface area (Å²) in [6.07, 6.45) is 8.96. The van der Waals surface area contributed by atoms with Gasteiger partial charge in [0.1, 0.15) is 0 Å². The molecule has 1 saturated heterocycles. The van der Waals surface area contributed by atoms with Gasteiger partial charge < -0.3 is 10.1 Å². The minimum absolute atomic E-state index is 0.474. The smallest absolute Gasteiger partial charge is 0.0575 e. The molecule has 0 spiro atoms. The molecule has 1 aliphatic heterocycles. The molecule has 0 bridgehead atoms. The Kier molecular flexibility index (Phi) is 7.25. The number of benzene rings is 1. The second kappa shape index (κ2) is 9.22. The molecule has 1 N–H and O–H groups in total. The minimum atomic E-state index is 0.474. The molecule has 2 nitrogen and oxygen atoms in total. The summed E-state index contributed by atoms with van der Waals surface area (Å²) in [5.41, 5.74) is 2.88. The molecule has 0 saturated carbocycles. The van der Waals surface area contributed by atoms with E-state index in [0.29, 0.717) is 12.1 Å². The van der Waals surface area contributed by atoms with Crippen LogP contribution in [0.15, 0.2) is 24.3 Å². The largest absolute Gasteiger partial charge is 0.378 e. The molecule has 0 amide bonds. The first kappa shape index (κ1) is 16.5. The van der Waals surface area contributed by atoms with E-state index in [2.05, 4.69) is 43.4 Å². The van der Waals surface area contributed by atoms with Crippen LogP contribution in [0.1, 0.15) is 69.5 Å². The average Bonchev–Trinajstić information content (AvgIpc) is 2.56. The van der Waals surface area contributed by atoms with E-state index in [9.17, 15) is 0 Å².